The number of ether oxygens (including phenoxy) is 1. The average molecular weight is 412 g/mol. The van der Waals surface area contributed by atoms with Gasteiger partial charge >= 0.3 is 0 Å². The Balaban J connectivity index is 1.46. The Labute approximate surface area is 182 Å². The SMILES string of the molecule is Cc1nn(Cc2cccc(Oc3ccccc3)c2)c(C)c1NC(=O)Cc1ccccc1. The number of hydrogen-bond acceptors (Lipinski definition) is 3. The van der Waals surface area contributed by atoms with Crippen LogP contribution in [-0.2, 0) is 17.8 Å². The Morgan fingerprint density at radius 1 is 0.871 bits per heavy atom. The summed E-state index contributed by atoms with van der Waals surface area (Å²) in [5.41, 5.74) is 4.56. The molecular formula is C26H25N3O2. The first-order valence-corrected chi connectivity index (χ1v) is 10.3. The lowest BCUT2D eigenvalue weighted by Gasteiger charge is -2.10. The monoisotopic (exact) mass is 411 g/mol. The van der Waals surface area contributed by atoms with Gasteiger partial charge in [-0.15, -0.1) is 0 Å². The standard InChI is InChI=1S/C26H25N3O2/c1-19-26(27-25(30)17-21-10-5-3-6-11-21)20(2)29(28-19)18-22-12-9-15-24(16-22)31-23-13-7-4-8-14-23/h3-16H,17-18H2,1-2H3,(H,27,30). The molecular weight excluding hydrogens is 386 g/mol. The van der Waals surface area contributed by atoms with Crippen molar-refractivity contribution in [3.63, 3.8) is 0 Å². The first-order valence-electron chi connectivity index (χ1n) is 10.3. The van der Waals surface area contributed by atoms with E-state index < -0.39 is 0 Å². The number of amides is 1. The Kier molecular flexibility index (Phi) is 6.13. The fourth-order valence-corrected chi connectivity index (χ4v) is 3.50. The van der Waals surface area contributed by atoms with Crippen molar-refractivity contribution < 1.29 is 9.53 Å². The quantitative estimate of drug-likeness (QED) is 0.435. The Morgan fingerprint density at radius 2 is 1.52 bits per heavy atom. The molecule has 0 bridgehead atoms. The van der Waals surface area contributed by atoms with E-state index in [1.807, 2.05) is 103 Å². The third kappa shape index (κ3) is 5.20. The number of hydrogen-bond donors (Lipinski definition) is 1. The highest BCUT2D eigenvalue weighted by Crippen LogP contribution is 2.24. The molecule has 0 fully saturated rings. The van der Waals surface area contributed by atoms with Crippen molar-refractivity contribution in [2.75, 3.05) is 5.32 Å². The molecule has 1 aromatic heterocycles. The molecule has 4 rings (SSSR count). The molecule has 1 N–H and O–H groups in total. The smallest absolute Gasteiger partial charge is 0.228 e. The maximum absolute atomic E-state index is 12.5. The highest BCUT2D eigenvalue weighted by atomic mass is 16.5. The van der Waals surface area contributed by atoms with Gasteiger partial charge in [0.25, 0.3) is 0 Å². The lowest BCUT2D eigenvalue weighted by atomic mass is 10.1. The maximum Gasteiger partial charge on any atom is 0.228 e. The van der Waals surface area contributed by atoms with Gasteiger partial charge < -0.3 is 10.1 Å². The third-order valence-corrected chi connectivity index (χ3v) is 5.06. The van der Waals surface area contributed by atoms with E-state index >= 15 is 0 Å². The zero-order chi connectivity index (χ0) is 21.6. The van der Waals surface area contributed by atoms with Gasteiger partial charge in [-0.25, -0.2) is 0 Å². The van der Waals surface area contributed by atoms with Crippen LogP contribution in [0, 0.1) is 13.8 Å². The summed E-state index contributed by atoms with van der Waals surface area (Å²) < 4.78 is 7.85. The van der Waals surface area contributed by atoms with E-state index in [1.165, 1.54) is 0 Å². The number of nitrogens with zero attached hydrogens (tertiary/aromatic N) is 2. The summed E-state index contributed by atoms with van der Waals surface area (Å²) in [6, 6.07) is 27.4. The number of rotatable bonds is 7. The number of para-hydroxylation sites is 1. The highest BCUT2D eigenvalue weighted by molar-refractivity contribution is 5.93. The van der Waals surface area contributed by atoms with E-state index in [0.29, 0.717) is 13.0 Å². The maximum atomic E-state index is 12.5. The molecule has 0 atom stereocenters. The van der Waals surface area contributed by atoms with Gasteiger partial charge in [-0.2, -0.15) is 5.10 Å². The first kappa shape index (κ1) is 20.4. The molecule has 0 saturated carbocycles. The van der Waals surface area contributed by atoms with Crippen LogP contribution >= 0.6 is 0 Å². The minimum atomic E-state index is -0.0461. The molecule has 0 aliphatic rings. The van der Waals surface area contributed by atoms with Crippen LogP contribution in [0.3, 0.4) is 0 Å². The molecule has 4 aromatic rings. The van der Waals surface area contributed by atoms with Crippen LogP contribution in [0.5, 0.6) is 11.5 Å². The molecule has 156 valence electrons. The second-order valence-corrected chi connectivity index (χ2v) is 7.48. The van der Waals surface area contributed by atoms with Crippen molar-refractivity contribution in [1.82, 2.24) is 9.78 Å². The van der Waals surface area contributed by atoms with Crippen LogP contribution in [0.1, 0.15) is 22.5 Å². The summed E-state index contributed by atoms with van der Waals surface area (Å²) in [6.45, 7) is 4.48. The van der Waals surface area contributed by atoms with Crippen molar-refractivity contribution in [2.24, 2.45) is 0 Å². The van der Waals surface area contributed by atoms with E-state index in [-0.39, 0.29) is 5.91 Å². The van der Waals surface area contributed by atoms with Crippen molar-refractivity contribution in [1.29, 1.82) is 0 Å². The molecule has 3 aromatic carbocycles. The third-order valence-electron chi connectivity index (χ3n) is 5.06. The van der Waals surface area contributed by atoms with Gasteiger partial charge in [0.05, 0.1) is 30.0 Å². The number of carbonyl (C=O) groups is 1. The summed E-state index contributed by atoms with van der Waals surface area (Å²) in [5, 5.41) is 7.67. The van der Waals surface area contributed by atoms with Crippen molar-refractivity contribution in [3.8, 4) is 11.5 Å². The Bertz CT molecular complexity index is 1170. The molecule has 5 heteroatoms. The Morgan fingerprint density at radius 3 is 2.26 bits per heavy atom. The summed E-state index contributed by atoms with van der Waals surface area (Å²) in [4.78, 5) is 12.5. The molecule has 0 radical (unpaired) electrons. The van der Waals surface area contributed by atoms with E-state index in [4.69, 9.17) is 4.74 Å². The molecule has 1 heterocycles. The molecule has 0 spiro atoms. The zero-order valence-corrected chi connectivity index (χ0v) is 17.7. The van der Waals surface area contributed by atoms with Gasteiger partial charge in [0.2, 0.25) is 5.91 Å². The van der Waals surface area contributed by atoms with Crippen molar-refractivity contribution >= 4 is 11.6 Å². The molecule has 5 nitrogen and oxygen atoms in total. The summed E-state index contributed by atoms with van der Waals surface area (Å²) in [6.07, 6.45) is 0.337. The van der Waals surface area contributed by atoms with Crippen LogP contribution < -0.4 is 10.1 Å². The summed E-state index contributed by atoms with van der Waals surface area (Å²) in [7, 11) is 0. The van der Waals surface area contributed by atoms with E-state index in [2.05, 4.69) is 10.4 Å². The lowest BCUT2D eigenvalue weighted by molar-refractivity contribution is -0.115. The fraction of sp³-hybridized carbons (Fsp3) is 0.154. The first-order chi connectivity index (χ1) is 15.1. The fourth-order valence-electron chi connectivity index (χ4n) is 3.50. The topological polar surface area (TPSA) is 56.1 Å². The Hall–Kier alpha value is -3.86. The lowest BCUT2D eigenvalue weighted by Crippen LogP contribution is -2.15. The zero-order valence-electron chi connectivity index (χ0n) is 17.7. The van der Waals surface area contributed by atoms with E-state index in [1.54, 1.807) is 0 Å². The predicted molar refractivity (Wildman–Crippen MR) is 123 cm³/mol. The minimum Gasteiger partial charge on any atom is -0.457 e. The molecule has 0 unspecified atom stereocenters. The second kappa shape index (κ2) is 9.30. The summed E-state index contributed by atoms with van der Waals surface area (Å²) in [5.74, 6) is 1.53. The van der Waals surface area contributed by atoms with Gasteiger partial charge in [-0.1, -0.05) is 60.7 Å². The molecule has 0 saturated heterocycles. The largest absolute Gasteiger partial charge is 0.457 e. The van der Waals surface area contributed by atoms with Crippen molar-refractivity contribution in [2.45, 2.75) is 26.8 Å². The van der Waals surface area contributed by atoms with Crippen molar-refractivity contribution in [3.05, 3.63) is 107 Å². The van der Waals surface area contributed by atoms with Crippen LogP contribution in [0.4, 0.5) is 5.69 Å². The van der Waals surface area contributed by atoms with Gasteiger partial charge in [0.15, 0.2) is 0 Å². The molecule has 0 aliphatic heterocycles. The highest BCUT2D eigenvalue weighted by Gasteiger charge is 2.15. The van der Waals surface area contributed by atoms with Crippen LogP contribution in [0.15, 0.2) is 84.9 Å². The number of nitrogens with one attached hydrogen (secondary N) is 1. The second-order valence-electron chi connectivity index (χ2n) is 7.48. The molecule has 1 amide bonds. The van der Waals surface area contributed by atoms with Crippen LogP contribution in [0.2, 0.25) is 0 Å². The van der Waals surface area contributed by atoms with E-state index in [0.717, 1.165) is 39.7 Å². The number of carbonyl (C=O) groups excluding carboxylic acids is 1. The number of aromatic nitrogens is 2. The van der Waals surface area contributed by atoms with E-state index in [9.17, 15) is 4.79 Å². The van der Waals surface area contributed by atoms with Crippen LogP contribution in [0.25, 0.3) is 0 Å². The average Bonchev–Trinajstić information content (AvgIpc) is 3.03. The van der Waals surface area contributed by atoms with Gasteiger partial charge in [-0.05, 0) is 49.2 Å². The predicted octanol–water partition coefficient (Wildman–Crippen LogP) is 5.52. The number of anilines is 1. The minimum absolute atomic E-state index is 0.0461. The molecule has 31 heavy (non-hydrogen) atoms. The van der Waals surface area contributed by atoms with Gasteiger partial charge in [0, 0.05) is 0 Å². The van der Waals surface area contributed by atoms with Gasteiger partial charge in [-0.3, -0.25) is 9.48 Å². The van der Waals surface area contributed by atoms with Gasteiger partial charge in [0.1, 0.15) is 11.5 Å². The van der Waals surface area contributed by atoms with Crippen LogP contribution in [-0.4, -0.2) is 15.7 Å². The normalized spacial score (nSPS) is 10.6. The number of aryl methyl sites for hydroxylation is 1. The summed E-state index contributed by atoms with van der Waals surface area (Å²) >= 11 is 0. The number of benzene rings is 3. The molecule has 0 aliphatic carbocycles.